The van der Waals surface area contributed by atoms with E-state index in [9.17, 15) is 4.79 Å². The fraction of sp³-hybridized carbons (Fsp3) is 0.533. The SMILES string of the molecule is Cc1ccc(N2CCCC2)cc1N1CCCC1=O. The van der Waals surface area contributed by atoms with E-state index in [4.69, 9.17) is 0 Å². The highest BCUT2D eigenvalue weighted by Gasteiger charge is 2.24. The summed E-state index contributed by atoms with van der Waals surface area (Å²) in [6, 6.07) is 6.53. The molecular weight excluding hydrogens is 224 g/mol. The van der Waals surface area contributed by atoms with Gasteiger partial charge >= 0.3 is 0 Å². The molecule has 3 rings (SSSR count). The minimum atomic E-state index is 0.275. The highest BCUT2D eigenvalue weighted by atomic mass is 16.2. The van der Waals surface area contributed by atoms with Gasteiger partial charge < -0.3 is 9.80 Å². The Labute approximate surface area is 108 Å². The van der Waals surface area contributed by atoms with Crippen molar-refractivity contribution in [2.24, 2.45) is 0 Å². The van der Waals surface area contributed by atoms with Crippen LogP contribution in [0, 0.1) is 6.92 Å². The van der Waals surface area contributed by atoms with Crippen LogP contribution in [0.5, 0.6) is 0 Å². The van der Waals surface area contributed by atoms with Gasteiger partial charge in [0, 0.05) is 37.4 Å². The molecule has 2 aliphatic rings. The highest BCUT2D eigenvalue weighted by Crippen LogP contribution is 2.30. The smallest absolute Gasteiger partial charge is 0.227 e. The van der Waals surface area contributed by atoms with Gasteiger partial charge in [-0.25, -0.2) is 0 Å². The van der Waals surface area contributed by atoms with Crippen molar-refractivity contribution < 1.29 is 4.79 Å². The van der Waals surface area contributed by atoms with Crippen LogP contribution in [0.25, 0.3) is 0 Å². The van der Waals surface area contributed by atoms with Gasteiger partial charge in [0.2, 0.25) is 5.91 Å². The average Bonchev–Trinajstić information content (AvgIpc) is 3.01. The zero-order valence-corrected chi connectivity index (χ0v) is 11.0. The summed E-state index contributed by atoms with van der Waals surface area (Å²) in [6.07, 6.45) is 4.26. The number of rotatable bonds is 2. The summed E-state index contributed by atoms with van der Waals surface area (Å²) in [5, 5.41) is 0. The molecule has 18 heavy (non-hydrogen) atoms. The first-order valence-electron chi connectivity index (χ1n) is 6.92. The van der Waals surface area contributed by atoms with Gasteiger partial charge in [-0.3, -0.25) is 4.79 Å². The Kier molecular flexibility index (Phi) is 2.98. The molecule has 2 heterocycles. The Hall–Kier alpha value is -1.51. The molecule has 0 bridgehead atoms. The number of anilines is 2. The molecule has 2 saturated heterocycles. The van der Waals surface area contributed by atoms with E-state index in [1.54, 1.807) is 0 Å². The van der Waals surface area contributed by atoms with Gasteiger partial charge in [-0.05, 0) is 43.9 Å². The summed E-state index contributed by atoms with van der Waals surface area (Å²) in [7, 11) is 0. The quantitative estimate of drug-likeness (QED) is 0.798. The number of carbonyl (C=O) groups excluding carboxylic acids is 1. The Morgan fingerprint density at radius 3 is 2.50 bits per heavy atom. The van der Waals surface area contributed by atoms with Gasteiger partial charge in [0.05, 0.1) is 0 Å². The fourth-order valence-corrected chi connectivity index (χ4v) is 2.96. The lowest BCUT2D eigenvalue weighted by Crippen LogP contribution is -2.25. The van der Waals surface area contributed by atoms with E-state index in [2.05, 4.69) is 30.0 Å². The third kappa shape index (κ3) is 1.98. The first kappa shape index (κ1) is 11.6. The second kappa shape index (κ2) is 4.63. The maximum atomic E-state index is 11.9. The first-order chi connectivity index (χ1) is 8.75. The van der Waals surface area contributed by atoms with Crippen LogP contribution in [0.1, 0.15) is 31.2 Å². The zero-order chi connectivity index (χ0) is 12.5. The molecule has 0 aromatic heterocycles. The molecule has 2 fully saturated rings. The van der Waals surface area contributed by atoms with Crippen LogP contribution in [0.4, 0.5) is 11.4 Å². The van der Waals surface area contributed by atoms with Crippen molar-refractivity contribution in [3.8, 4) is 0 Å². The molecule has 0 unspecified atom stereocenters. The molecule has 96 valence electrons. The molecule has 0 radical (unpaired) electrons. The van der Waals surface area contributed by atoms with Gasteiger partial charge in [0.15, 0.2) is 0 Å². The van der Waals surface area contributed by atoms with E-state index in [-0.39, 0.29) is 5.91 Å². The fourth-order valence-electron chi connectivity index (χ4n) is 2.96. The molecule has 0 aliphatic carbocycles. The maximum absolute atomic E-state index is 11.9. The lowest BCUT2D eigenvalue weighted by Gasteiger charge is -2.23. The van der Waals surface area contributed by atoms with E-state index in [0.717, 1.165) is 31.7 Å². The Bertz CT molecular complexity index is 464. The second-order valence-corrected chi connectivity index (χ2v) is 5.31. The molecule has 1 aromatic carbocycles. The topological polar surface area (TPSA) is 23.6 Å². The van der Waals surface area contributed by atoms with Gasteiger partial charge in [-0.2, -0.15) is 0 Å². The van der Waals surface area contributed by atoms with Gasteiger partial charge in [-0.1, -0.05) is 6.07 Å². The minimum absolute atomic E-state index is 0.275. The molecule has 1 aromatic rings. The lowest BCUT2D eigenvalue weighted by atomic mass is 10.1. The molecule has 0 spiro atoms. The predicted molar refractivity (Wildman–Crippen MR) is 74.2 cm³/mol. The van der Waals surface area contributed by atoms with Crippen LogP contribution in [0.2, 0.25) is 0 Å². The predicted octanol–water partition coefficient (Wildman–Crippen LogP) is 2.72. The van der Waals surface area contributed by atoms with E-state index >= 15 is 0 Å². The van der Waals surface area contributed by atoms with Crippen LogP contribution in [0.15, 0.2) is 18.2 Å². The summed E-state index contributed by atoms with van der Waals surface area (Å²) >= 11 is 0. The summed E-state index contributed by atoms with van der Waals surface area (Å²) in [5.74, 6) is 0.275. The van der Waals surface area contributed by atoms with Crippen LogP contribution in [0.3, 0.4) is 0 Å². The summed E-state index contributed by atoms with van der Waals surface area (Å²) in [4.78, 5) is 16.2. The molecule has 3 nitrogen and oxygen atoms in total. The van der Waals surface area contributed by atoms with E-state index in [1.165, 1.54) is 24.1 Å². The number of amides is 1. The number of hydrogen-bond donors (Lipinski definition) is 0. The van der Waals surface area contributed by atoms with E-state index in [0.29, 0.717) is 6.42 Å². The van der Waals surface area contributed by atoms with Crippen molar-refractivity contribution >= 4 is 17.3 Å². The van der Waals surface area contributed by atoms with Gasteiger partial charge in [-0.15, -0.1) is 0 Å². The van der Waals surface area contributed by atoms with Crippen LogP contribution >= 0.6 is 0 Å². The molecule has 1 amide bonds. The van der Waals surface area contributed by atoms with Crippen molar-refractivity contribution in [1.29, 1.82) is 0 Å². The summed E-state index contributed by atoms with van der Waals surface area (Å²) in [6.45, 7) is 5.27. The molecule has 3 heteroatoms. The third-order valence-electron chi connectivity index (χ3n) is 4.03. The lowest BCUT2D eigenvalue weighted by molar-refractivity contribution is -0.117. The van der Waals surface area contributed by atoms with Crippen molar-refractivity contribution in [2.75, 3.05) is 29.4 Å². The zero-order valence-electron chi connectivity index (χ0n) is 11.0. The molecular formula is C15H20N2O. The average molecular weight is 244 g/mol. The molecule has 0 saturated carbocycles. The minimum Gasteiger partial charge on any atom is -0.371 e. The largest absolute Gasteiger partial charge is 0.371 e. The molecule has 0 atom stereocenters. The number of carbonyl (C=O) groups is 1. The monoisotopic (exact) mass is 244 g/mol. The van der Waals surface area contributed by atoms with Crippen molar-refractivity contribution in [3.05, 3.63) is 23.8 Å². The van der Waals surface area contributed by atoms with E-state index in [1.807, 2.05) is 4.90 Å². The van der Waals surface area contributed by atoms with Crippen molar-refractivity contribution in [3.63, 3.8) is 0 Å². The first-order valence-corrected chi connectivity index (χ1v) is 6.92. The van der Waals surface area contributed by atoms with Crippen molar-refractivity contribution in [1.82, 2.24) is 0 Å². The summed E-state index contributed by atoms with van der Waals surface area (Å²) in [5.41, 5.74) is 3.59. The number of aryl methyl sites for hydroxylation is 1. The van der Waals surface area contributed by atoms with Gasteiger partial charge in [0.1, 0.15) is 0 Å². The number of benzene rings is 1. The number of hydrogen-bond acceptors (Lipinski definition) is 2. The second-order valence-electron chi connectivity index (χ2n) is 5.31. The third-order valence-corrected chi connectivity index (χ3v) is 4.03. The maximum Gasteiger partial charge on any atom is 0.227 e. The van der Waals surface area contributed by atoms with Crippen LogP contribution < -0.4 is 9.80 Å². The standard InChI is InChI=1S/C15H20N2O/c1-12-6-7-13(16-8-2-3-9-16)11-14(12)17-10-4-5-15(17)18/h6-7,11H,2-5,8-10H2,1H3. The normalized spacial score (nSPS) is 19.9. The van der Waals surface area contributed by atoms with E-state index < -0.39 is 0 Å². The summed E-state index contributed by atoms with van der Waals surface area (Å²) < 4.78 is 0. The van der Waals surface area contributed by atoms with Gasteiger partial charge in [0.25, 0.3) is 0 Å². The molecule has 0 N–H and O–H groups in total. The Morgan fingerprint density at radius 2 is 1.83 bits per heavy atom. The molecule has 2 aliphatic heterocycles. The Balaban J connectivity index is 1.92. The number of nitrogens with zero attached hydrogens (tertiary/aromatic N) is 2. The van der Waals surface area contributed by atoms with Crippen molar-refractivity contribution in [2.45, 2.75) is 32.6 Å². The Morgan fingerprint density at radius 1 is 1.06 bits per heavy atom. The van der Waals surface area contributed by atoms with Crippen LogP contribution in [-0.4, -0.2) is 25.5 Å². The highest BCUT2D eigenvalue weighted by molar-refractivity contribution is 5.96. The van der Waals surface area contributed by atoms with Crippen LogP contribution in [-0.2, 0) is 4.79 Å².